The molecule has 1 aromatic carbocycles. The Morgan fingerprint density at radius 3 is 2.15 bits per heavy atom. The van der Waals surface area contributed by atoms with E-state index in [0.717, 1.165) is 0 Å². The van der Waals surface area contributed by atoms with Crippen LogP contribution >= 0.6 is 0 Å². The van der Waals surface area contributed by atoms with E-state index >= 15 is 0 Å². The van der Waals surface area contributed by atoms with Gasteiger partial charge in [-0.3, -0.25) is 3.87 Å². The number of benzene rings is 1. The molecular weight excluding hydrogens is 313 g/mol. The molecule has 1 rings (SSSR count). The van der Waals surface area contributed by atoms with Crippen LogP contribution in [0.3, 0.4) is 0 Å². The van der Waals surface area contributed by atoms with Crippen LogP contribution in [0.4, 0.5) is 13.2 Å². The molecule has 0 saturated heterocycles. The van der Waals surface area contributed by atoms with E-state index in [0.29, 0.717) is 5.56 Å². The zero-order valence-electron chi connectivity index (χ0n) is 10.8. The first-order valence-electron chi connectivity index (χ1n) is 5.40. The Kier molecular flexibility index (Phi) is 4.67. The highest BCUT2D eigenvalue weighted by atomic mass is 32.2. The molecule has 0 aliphatic heterocycles. The van der Waals surface area contributed by atoms with Gasteiger partial charge < -0.3 is 4.43 Å². The Hall–Kier alpha value is -1.32. The Morgan fingerprint density at radius 1 is 1.20 bits per heavy atom. The second kappa shape index (κ2) is 5.58. The third-order valence-electron chi connectivity index (χ3n) is 2.06. The number of alkyl halides is 3. The van der Waals surface area contributed by atoms with Crippen LogP contribution in [-0.4, -0.2) is 22.5 Å². The normalized spacial score (nSPS) is 13.1. The fourth-order valence-electron chi connectivity index (χ4n) is 1.31. The molecule has 0 atom stereocenters. The van der Waals surface area contributed by atoms with Gasteiger partial charge in [-0.2, -0.15) is 21.6 Å². The van der Waals surface area contributed by atoms with Crippen molar-refractivity contribution < 1.29 is 29.9 Å². The molecule has 0 radical (unpaired) electrons. The predicted molar refractivity (Wildman–Crippen MR) is 70.1 cm³/mol. The fraction of sp³-hybridized carbons (Fsp3) is 0.273. The maximum atomic E-state index is 12.3. The SMILES string of the molecule is C=C(O[Si](C)(C)OS(=O)(=O)C(F)(F)F)c1ccccc1. The van der Waals surface area contributed by atoms with E-state index in [1.807, 2.05) is 0 Å². The molecule has 0 N–H and O–H groups in total. The number of halogens is 3. The van der Waals surface area contributed by atoms with Crippen molar-refractivity contribution >= 4 is 24.4 Å². The molecule has 0 aromatic heterocycles. The molecule has 9 heteroatoms. The van der Waals surface area contributed by atoms with Gasteiger partial charge in [-0.05, 0) is 13.1 Å². The van der Waals surface area contributed by atoms with Crippen molar-refractivity contribution in [2.45, 2.75) is 18.6 Å². The first kappa shape index (κ1) is 16.7. The second-order valence-corrected chi connectivity index (χ2v) is 9.32. The van der Waals surface area contributed by atoms with Crippen molar-refractivity contribution in [2.75, 3.05) is 0 Å². The molecule has 0 fully saturated rings. The highest BCUT2D eigenvalue weighted by Crippen LogP contribution is 2.29. The molecule has 1 aromatic rings. The van der Waals surface area contributed by atoms with Crippen molar-refractivity contribution in [3.8, 4) is 0 Å². The first-order valence-corrected chi connectivity index (χ1v) is 9.62. The predicted octanol–water partition coefficient (Wildman–Crippen LogP) is 3.24. The molecule has 0 heterocycles. The first-order chi connectivity index (χ1) is 8.95. The lowest BCUT2D eigenvalue weighted by Crippen LogP contribution is -2.41. The number of hydrogen-bond acceptors (Lipinski definition) is 4. The van der Waals surface area contributed by atoms with Crippen molar-refractivity contribution in [1.29, 1.82) is 0 Å². The smallest absolute Gasteiger partial charge is 0.520 e. The quantitative estimate of drug-likeness (QED) is 0.473. The van der Waals surface area contributed by atoms with Crippen LogP contribution in [-0.2, 0) is 18.4 Å². The largest absolute Gasteiger partial charge is 0.522 e. The molecular formula is C11H13F3O4SSi. The van der Waals surface area contributed by atoms with Gasteiger partial charge in [0.25, 0.3) is 0 Å². The minimum atomic E-state index is -5.69. The Morgan fingerprint density at radius 2 is 1.70 bits per heavy atom. The summed E-state index contributed by atoms with van der Waals surface area (Å²) in [6, 6.07) is 8.37. The van der Waals surface area contributed by atoms with Crippen LogP contribution in [0.5, 0.6) is 0 Å². The van der Waals surface area contributed by atoms with Crippen LogP contribution < -0.4 is 0 Å². The van der Waals surface area contributed by atoms with Crippen LogP contribution in [0.25, 0.3) is 5.76 Å². The molecule has 0 spiro atoms. The summed E-state index contributed by atoms with van der Waals surface area (Å²) in [5, 5.41) is 0. The highest BCUT2D eigenvalue weighted by molar-refractivity contribution is 7.88. The number of hydrogen-bond donors (Lipinski definition) is 0. The number of rotatable bonds is 5. The summed E-state index contributed by atoms with van der Waals surface area (Å²) in [5.41, 5.74) is -4.95. The van der Waals surface area contributed by atoms with Crippen molar-refractivity contribution in [3.05, 3.63) is 42.5 Å². The maximum Gasteiger partial charge on any atom is 0.522 e. The van der Waals surface area contributed by atoms with Gasteiger partial charge in [0, 0.05) is 5.56 Å². The van der Waals surface area contributed by atoms with E-state index in [-0.39, 0.29) is 5.76 Å². The molecule has 0 bridgehead atoms. The molecule has 0 amide bonds. The van der Waals surface area contributed by atoms with Crippen LogP contribution in [0.2, 0.25) is 13.1 Å². The summed E-state index contributed by atoms with van der Waals surface area (Å²) in [4.78, 5) is 0. The summed E-state index contributed by atoms with van der Waals surface area (Å²) in [7, 11) is -9.29. The van der Waals surface area contributed by atoms with E-state index < -0.39 is 24.2 Å². The molecule has 4 nitrogen and oxygen atoms in total. The molecule has 0 aliphatic rings. The Balaban J connectivity index is 2.84. The van der Waals surface area contributed by atoms with E-state index in [9.17, 15) is 21.6 Å². The topological polar surface area (TPSA) is 52.6 Å². The third-order valence-corrected chi connectivity index (χ3v) is 5.85. The lowest BCUT2D eigenvalue weighted by Gasteiger charge is -2.24. The summed E-state index contributed by atoms with van der Waals surface area (Å²) >= 11 is 0. The lowest BCUT2D eigenvalue weighted by molar-refractivity contribution is -0.0509. The van der Waals surface area contributed by atoms with Gasteiger partial charge in [0.1, 0.15) is 5.76 Å². The van der Waals surface area contributed by atoms with E-state index in [1.165, 1.54) is 13.1 Å². The average molecular weight is 326 g/mol. The van der Waals surface area contributed by atoms with Crippen LogP contribution in [0, 0.1) is 0 Å². The van der Waals surface area contributed by atoms with E-state index in [1.54, 1.807) is 30.3 Å². The summed E-state index contributed by atoms with van der Waals surface area (Å²) in [6.45, 7) is 5.93. The van der Waals surface area contributed by atoms with E-state index in [2.05, 4.69) is 10.5 Å². The van der Waals surface area contributed by atoms with Gasteiger partial charge in [-0.1, -0.05) is 36.9 Å². The Labute approximate surface area is 116 Å². The summed E-state index contributed by atoms with van der Waals surface area (Å²) in [6.07, 6.45) is 0. The van der Waals surface area contributed by atoms with Crippen molar-refractivity contribution in [1.82, 2.24) is 0 Å². The maximum absolute atomic E-state index is 12.3. The van der Waals surface area contributed by atoms with Crippen LogP contribution in [0.1, 0.15) is 5.56 Å². The van der Waals surface area contributed by atoms with Gasteiger partial charge in [0.05, 0.1) is 0 Å². The van der Waals surface area contributed by atoms with Crippen molar-refractivity contribution in [2.24, 2.45) is 0 Å². The monoisotopic (exact) mass is 326 g/mol. The third kappa shape index (κ3) is 4.36. The zero-order valence-corrected chi connectivity index (χ0v) is 12.6. The molecule has 0 unspecified atom stereocenters. The molecule has 20 heavy (non-hydrogen) atoms. The summed E-state index contributed by atoms with van der Waals surface area (Å²) in [5.74, 6) is 0.0552. The minimum absolute atomic E-state index is 0.0552. The minimum Gasteiger partial charge on any atom is -0.520 e. The average Bonchev–Trinajstić information content (AvgIpc) is 2.26. The standard InChI is InChI=1S/C11H13F3O4SSi/c1-9(10-7-5-4-6-8-10)17-20(2,3)18-19(15,16)11(12,13)14/h4-8H,1H2,2-3H3. The van der Waals surface area contributed by atoms with Gasteiger partial charge >= 0.3 is 24.2 Å². The van der Waals surface area contributed by atoms with Crippen LogP contribution in [0.15, 0.2) is 36.9 Å². The molecule has 0 saturated carbocycles. The van der Waals surface area contributed by atoms with Gasteiger partial charge in [0.2, 0.25) is 0 Å². The second-order valence-electron chi connectivity index (χ2n) is 4.27. The Bertz CT molecular complexity index is 581. The zero-order chi connectivity index (χ0) is 15.6. The van der Waals surface area contributed by atoms with Crippen molar-refractivity contribution in [3.63, 3.8) is 0 Å². The van der Waals surface area contributed by atoms with Gasteiger partial charge in [-0.15, -0.1) is 0 Å². The molecule has 0 aliphatic carbocycles. The van der Waals surface area contributed by atoms with Gasteiger partial charge in [-0.25, -0.2) is 0 Å². The highest BCUT2D eigenvalue weighted by Gasteiger charge is 2.51. The molecule has 112 valence electrons. The van der Waals surface area contributed by atoms with Gasteiger partial charge in [0.15, 0.2) is 0 Å². The fourth-order valence-corrected chi connectivity index (χ4v) is 4.65. The summed E-state index contributed by atoms with van der Waals surface area (Å²) < 4.78 is 68.1. The van der Waals surface area contributed by atoms with E-state index in [4.69, 9.17) is 4.43 Å². The lowest BCUT2D eigenvalue weighted by atomic mass is 10.2.